The van der Waals surface area contributed by atoms with E-state index in [0.717, 1.165) is 16.1 Å². The molecule has 1 amide bonds. The van der Waals surface area contributed by atoms with Gasteiger partial charge in [0, 0.05) is 10.4 Å². The standard InChI is InChI=1S/C14H18N2O3S/c1-9-11(10(2)19-16-9)7-13(17)15-8-14(3,18)12-5-4-6-20-12/h4-6,18H,7-8H2,1-3H3,(H,15,17). The summed E-state index contributed by atoms with van der Waals surface area (Å²) in [6, 6.07) is 3.73. The predicted octanol–water partition coefficient (Wildman–Crippen LogP) is 1.92. The minimum Gasteiger partial charge on any atom is -0.383 e. The second-order valence-corrected chi connectivity index (χ2v) is 5.96. The van der Waals surface area contributed by atoms with Gasteiger partial charge < -0.3 is 14.9 Å². The molecular formula is C14H18N2O3S. The molecule has 0 aliphatic heterocycles. The van der Waals surface area contributed by atoms with Crippen molar-refractivity contribution in [3.8, 4) is 0 Å². The van der Waals surface area contributed by atoms with Crippen LogP contribution in [-0.4, -0.2) is 22.7 Å². The minimum absolute atomic E-state index is 0.156. The van der Waals surface area contributed by atoms with Crippen LogP contribution in [0.3, 0.4) is 0 Å². The summed E-state index contributed by atoms with van der Waals surface area (Å²) in [6.07, 6.45) is 0.210. The molecule has 2 aromatic heterocycles. The Kier molecular flexibility index (Phi) is 4.25. The maximum Gasteiger partial charge on any atom is 0.224 e. The summed E-state index contributed by atoms with van der Waals surface area (Å²) in [5.74, 6) is 0.499. The number of nitrogens with zero attached hydrogens (tertiary/aromatic N) is 1. The molecule has 0 bridgehead atoms. The number of rotatable bonds is 5. The largest absolute Gasteiger partial charge is 0.383 e. The number of aromatic nitrogens is 1. The summed E-state index contributed by atoms with van der Waals surface area (Å²) in [6.45, 7) is 5.45. The quantitative estimate of drug-likeness (QED) is 0.883. The van der Waals surface area contributed by atoms with Crippen LogP contribution in [0.2, 0.25) is 0 Å². The van der Waals surface area contributed by atoms with E-state index in [9.17, 15) is 9.90 Å². The van der Waals surface area contributed by atoms with Crippen LogP contribution in [0.15, 0.2) is 22.0 Å². The van der Waals surface area contributed by atoms with E-state index in [2.05, 4.69) is 10.5 Å². The van der Waals surface area contributed by atoms with Crippen LogP contribution in [0, 0.1) is 13.8 Å². The number of hydrogen-bond acceptors (Lipinski definition) is 5. The summed E-state index contributed by atoms with van der Waals surface area (Å²) in [4.78, 5) is 12.8. The first-order valence-corrected chi connectivity index (χ1v) is 7.23. The zero-order valence-corrected chi connectivity index (χ0v) is 12.6. The van der Waals surface area contributed by atoms with Crippen molar-refractivity contribution in [1.82, 2.24) is 10.5 Å². The van der Waals surface area contributed by atoms with Gasteiger partial charge in [-0.05, 0) is 32.2 Å². The highest BCUT2D eigenvalue weighted by molar-refractivity contribution is 7.10. The molecule has 2 heterocycles. The van der Waals surface area contributed by atoms with E-state index in [0.29, 0.717) is 5.76 Å². The zero-order valence-electron chi connectivity index (χ0n) is 11.8. The van der Waals surface area contributed by atoms with Crippen LogP contribution in [0.25, 0.3) is 0 Å². The Balaban J connectivity index is 1.93. The van der Waals surface area contributed by atoms with Gasteiger partial charge in [0.1, 0.15) is 11.4 Å². The third-order valence-corrected chi connectivity index (χ3v) is 4.32. The number of aryl methyl sites for hydroxylation is 2. The maximum absolute atomic E-state index is 11.9. The van der Waals surface area contributed by atoms with Crippen molar-refractivity contribution in [3.63, 3.8) is 0 Å². The second kappa shape index (κ2) is 5.76. The lowest BCUT2D eigenvalue weighted by Gasteiger charge is -2.22. The lowest BCUT2D eigenvalue weighted by molar-refractivity contribution is -0.121. The highest BCUT2D eigenvalue weighted by Gasteiger charge is 2.25. The van der Waals surface area contributed by atoms with Gasteiger partial charge in [0.05, 0.1) is 18.7 Å². The lowest BCUT2D eigenvalue weighted by Crippen LogP contribution is -2.38. The van der Waals surface area contributed by atoms with E-state index in [4.69, 9.17) is 4.52 Å². The summed E-state index contributed by atoms with van der Waals surface area (Å²) in [5.41, 5.74) is 0.476. The molecular weight excluding hydrogens is 276 g/mol. The molecule has 1 unspecified atom stereocenters. The fourth-order valence-electron chi connectivity index (χ4n) is 1.92. The van der Waals surface area contributed by atoms with Gasteiger partial charge in [0.15, 0.2) is 0 Å². The second-order valence-electron chi connectivity index (χ2n) is 5.01. The molecule has 2 rings (SSSR count). The number of amides is 1. The number of carbonyl (C=O) groups excluding carboxylic acids is 1. The first-order chi connectivity index (χ1) is 9.40. The molecule has 108 valence electrons. The molecule has 5 nitrogen and oxygen atoms in total. The van der Waals surface area contributed by atoms with Gasteiger partial charge in [-0.15, -0.1) is 11.3 Å². The molecule has 0 radical (unpaired) electrons. The highest BCUT2D eigenvalue weighted by Crippen LogP contribution is 2.24. The Morgan fingerprint density at radius 3 is 2.85 bits per heavy atom. The molecule has 0 spiro atoms. The number of hydrogen-bond donors (Lipinski definition) is 2. The lowest BCUT2D eigenvalue weighted by atomic mass is 10.0. The molecule has 0 fully saturated rings. The van der Waals surface area contributed by atoms with Crippen molar-refractivity contribution in [2.45, 2.75) is 32.8 Å². The van der Waals surface area contributed by atoms with Gasteiger partial charge in [0.2, 0.25) is 5.91 Å². The number of thiophene rings is 1. The zero-order chi connectivity index (χ0) is 14.8. The van der Waals surface area contributed by atoms with Gasteiger partial charge in [-0.3, -0.25) is 4.79 Å². The normalized spacial score (nSPS) is 14.0. The van der Waals surface area contributed by atoms with E-state index in [-0.39, 0.29) is 18.9 Å². The molecule has 20 heavy (non-hydrogen) atoms. The summed E-state index contributed by atoms with van der Waals surface area (Å²) in [5, 5.41) is 18.8. The van der Waals surface area contributed by atoms with Gasteiger partial charge >= 0.3 is 0 Å². The van der Waals surface area contributed by atoms with Crippen LogP contribution in [0.4, 0.5) is 0 Å². The summed E-state index contributed by atoms with van der Waals surface area (Å²) in [7, 11) is 0. The van der Waals surface area contributed by atoms with Crippen molar-refractivity contribution in [3.05, 3.63) is 39.4 Å². The molecule has 1 atom stereocenters. The van der Waals surface area contributed by atoms with Crippen molar-refractivity contribution >= 4 is 17.2 Å². The van der Waals surface area contributed by atoms with E-state index in [1.165, 1.54) is 11.3 Å². The van der Waals surface area contributed by atoms with Crippen LogP contribution < -0.4 is 5.32 Å². The summed E-state index contributed by atoms with van der Waals surface area (Å²) >= 11 is 1.47. The first-order valence-electron chi connectivity index (χ1n) is 6.35. The maximum atomic E-state index is 11.9. The third kappa shape index (κ3) is 3.26. The molecule has 0 saturated heterocycles. The van der Waals surface area contributed by atoms with Gasteiger partial charge in [0.25, 0.3) is 0 Å². The van der Waals surface area contributed by atoms with Crippen molar-refractivity contribution in [2.75, 3.05) is 6.54 Å². The Bertz CT molecular complexity index is 568. The highest BCUT2D eigenvalue weighted by atomic mass is 32.1. The molecule has 0 aliphatic rings. The van der Waals surface area contributed by atoms with E-state index in [1.54, 1.807) is 20.8 Å². The number of carbonyl (C=O) groups is 1. The molecule has 0 saturated carbocycles. The van der Waals surface area contributed by atoms with Crippen molar-refractivity contribution in [2.24, 2.45) is 0 Å². The molecule has 0 aromatic carbocycles. The first kappa shape index (κ1) is 14.7. The third-order valence-electron chi connectivity index (χ3n) is 3.20. The smallest absolute Gasteiger partial charge is 0.224 e. The van der Waals surface area contributed by atoms with Crippen LogP contribution in [0.5, 0.6) is 0 Å². The van der Waals surface area contributed by atoms with Crippen molar-refractivity contribution in [1.29, 1.82) is 0 Å². The Morgan fingerprint density at radius 2 is 2.30 bits per heavy atom. The minimum atomic E-state index is -1.05. The van der Waals surface area contributed by atoms with Gasteiger partial charge in [-0.25, -0.2) is 0 Å². The molecule has 0 aliphatic carbocycles. The van der Waals surface area contributed by atoms with E-state index < -0.39 is 5.60 Å². The average molecular weight is 294 g/mol. The topological polar surface area (TPSA) is 75.4 Å². The van der Waals surface area contributed by atoms with E-state index in [1.807, 2.05) is 17.5 Å². The fraction of sp³-hybridized carbons (Fsp3) is 0.429. The Hall–Kier alpha value is -1.66. The molecule has 6 heteroatoms. The monoisotopic (exact) mass is 294 g/mol. The average Bonchev–Trinajstić information content (AvgIpc) is 3.02. The fourth-order valence-corrected chi connectivity index (χ4v) is 2.71. The summed E-state index contributed by atoms with van der Waals surface area (Å²) < 4.78 is 5.02. The molecule has 2 N–H and O–H groups in total. The predicted molar refractivity (Wildman–Crippen MR) is 76.6 cm³/mol. The van der Waals surface area contributed by atoms with Crippen molar-refractivity contribution < 1.29 is 14.4 Å². The number of nitrogens with one attached hydrogen (secondary N) is 1. The Labute approximate surface area is 121 Å². The van der Waals surface area contributed by atoms with Gasteiger partial charge in [-0.1, -0.05) is 11.2 Å². The Morgan fingerprint density at radius 1 is 1.55 bits per heavy atom. The number of aliphatic hydroxyl groups is 1. The van der Waals surface area contributed by atoms with Crippen LogP contribution in [0.1, 0.15) is 28.8 Å². The van der Waals surface area contributed by atoms with Gasteiger partial charge in [-0.2, -0.15) is 0 Å². The van der Waals surface area contributed by atoms with Crippen LogP contribution in [-0.2, 0) is 16.8 Å². The van der Waals surface area contributed by atoms with E-state index >= 15 is 0 Å². The van der Waals surface area contributed by atoms with Crippen LogP contribution >= 0.6 is 11.3 Å². The SMILES string of the molecule is Cc1noc(C)c1CC(=O)NCC(C)(O)c1cccs1. The molecule has 2 aromatic rings.